The lowest BCUT2D eigenvalue weighted by molar-refractivity contribution is -0.0223. The van der Waals surface area contributed by atoms with Crippen molar-refractivity contribution in [3.63, 3.8) is 0 Å². The van der Waals surface area contributed by atoms with E-state index in [1.165, 1.54) is 0 Å². The molecule has 10 heteroatoms. The lowest BCUT2D eigenvalue weighted by Gasteiger charge is -2.36. The van der Waals surface area contributed by atoms with Gasteiger partial charge in [-0.05, 0) is 6.42 Å². The molecule has 2 aromatic rings. The molecule has 5 heterocycles. The molecule has 0 saturated carbocycles. The molecular weight excluding hydrogens is 394 g/mol. The number of alkyl halides is 2. The van der Waals surface area contributed by atoms with Crippen LogP contribution in [0.15, 0.2) is 18.6 Å². The van der Waals surface area contributed by atoms with Crippen molar-refractivity contribution in [1.29, 1.82) is 0 Å². The number of ether oxygens (including phenoxy) is 1. The highest BCUT2D eigenvalue weighted by Crippen LogP contribution is 2.40. The molecule has 160 valence electrons. The number of nitrogens with zero attached hydrogens (tertiary/aromatic N) is 6. The highest BCUT2D eigenvalue weighted by atomic mass is 19.3. The maximum atomic E-state index is 13.5. The summed E-state index contributed by atoms with van der Waals surface area (Å²) in [5.74, 6) is -2.18. The first-order chi connectivity index (χ1) is 14.4. The van der Waals surface area contributed by atoms with Gasteiger partial charge in [0.25, 0.3) is 11.8 Å². The van der Waals surface area contributed by atoms with Gasteiger partial charge in [0.1, 0.15) is 0 Å². The first kappa shape index (κ1) is 19.3. The maximum Gasteiger partial charge on any atom is 0.257 e. The zero-order valence-corrected chi connectivity index (χ0v) is 16.9. The number of aryl methyl sites for hydroxylation is 1. The molecule has 0 aliphatic carbocycles. The SMILES string of the molecule is Cn1cc(C(=O)N2CCC3(COCc4cnc(N5CCC(F)(F)CC5)nc43)C2)cn1. The number of hydrogen-bond acceptors (Lipinski definition) is 6. The largest absolute Gasteiger partial charge is 0.376 e. The fourth-order valence-electron chi connectivity index (χ4n) is 4.64. The number of aromatic nitrogens is 4. The van der Waals surface area contributed by atoms with Gasteiger partial charge in [0.15, 0.2) is 0 Å². The molecule has 30 heavy (non-hydrogen) atoms. The molecule has 1 spiro atoms. The van der Waals surface area contributed by atoms with Crippen LogP contribution in [0.25, 0.3) is 0 Å². The average molecular weight is 418 g/mol. The van der Waals surface area contributed by atoms with Crippen molar-refractivity contribution in [1.82, 2.24) is 24.6 Å². The van der Waals surface area contributed by atoms with Crippen LogP contribution >= 0.6 is 0 Å². The van der Waals surface area contributed by atoms with Crippen molar-refractivity contribution < 1.29 is 18.3 Å². The molecular formula is C20H24F2N6O2. The Morgan fingerprint density at radius 3 is 2.70 bits per heavy atom. The molecule has 3 aliphatic heterocycles. The molecule has 0 aromatic carbocycles. The van der Waals surface area contributed by atoms with Crippen molar-refractivity contribution in [2.45, 2.75) is 37.2 Å². The molecule has 1 amide bonds. The zero-order valence-electron chi connectivity index (χ0n) is 16.9. The number of carbonyl (C=O) groups excluding carboxylic acids is 1. The van der Waals surface area contributed by atoms with Gasteiger partial charge in [-0.25, -0.2) is 18.7 Å². The number of likely N-dealkylation sites (tertiary alicyclic amines) is 1. The van der Waals surface area contributed by atoms with Crippen LogP contribution in [-0.2, 0) is 23.8 Å². The number of fused-ring (bicyclic) bond motifs is 2. The third-order valence-electron chi connectivity index (χ3n) is 6.36. The number of anilines is 1. The second-order valence-corrected chi connectivity index (χ2v) is 8.54. The Bertz CT molecular complexity index is 970. The number of carbonyl (C=O) groups is 1. The quantitative estimate of drug-likeness (QED) is 0.740. The van der Waals surface area contributed by atoms with Gasteiger partial charge in [0.05, 0.1) is 36.1 Å². The fraction of sp³-hybridized carbons (Fsp3) is 0.600. The summed E-state index contributed by atoms with van der Waals surface area (Å²) in [6.07, 6.45) is 5.40. The van der Waals surface area contributed by atoms with Gasteiger partial charge < -0.3 is 14.5 Å². The summed E-state index contributed by atoms with van der Waals surface area (Å²) < 4.78 is 34.5. The topological polar surface area (TPSA) is 76.4 Å². The molecule has 2 aromatic heterocycles. The van der Waals surface area contributed by atoms with Crippen LogP contribution in [0, 0.1) is 0 Å². The predicted octanol–water partition coefficient (Wildman–Crippen LogP) is 1.76. The van der Waals surface area contributed by atoms with Crippen LogP contribution < -0.4 is 4.90 Å². The third kappa shape index (κ3) is 3.32. The number of amides is 1. The van der Waals surface area contributed by atoms with E-state index >= 15 is 0 Å². The minimum atomic E-state index is -2.61. The fourth-order valence-corrected chi connectivity index (χ4v) is 4.64. The van der Waals surface area contributed by atoms with Crippen LogP contribution in [0.4, 0.5) is 14.7 Å². The van der Waals surface area contributed by atoms with Gasteiger partial charge in [0.2, 0.25) is 5.95 Å². The zero-order chi connectivity index (χ0) is 20.9. The summed E-state index contributed by atoms with van der Waals surface area (Å²) in [5.41, 5.74) is 1.95. The standard InChI is InChI=1S/C20H24F2N6O2/c1-26-10-14(9-24-26)17(29)28-5-2-19(12-28)13-30-11-15-8-23-18(25-16(15)19)27-6-3-20(21,22)4-7-27/h8-10H,2-7,11-13H2,1H3. The van der Waals surface area contributed by atoms with Crippen LogP contribution in [0.1, 0.15) is 40.9 Å². The summed E-state index contributed by atoms with van der Waals surface area (Å²) in [6.45, 7) is 2.48. The molecule has 0 bridgehead atoms. The first-order valence-electron chi connectivity index (χ1n) is 10.2. The smallest absolute Gasteiger partial charge is 0.257 e. The summed E-state index contributed by atoms with van der Waals surface area (Å²) >= 11 is 0. The van der Waals surface area contributed by atoms with E-state index in [1.54, 1.807) is 30.3 Å². The van der Waals surface area contributed by atoms with Gasteiger partial charge in [-0.2, -0.15) is 5.10 Å². The summed E-state index contributed by atoms with van der Waals surface area (Å²) in [7, 11) is 1.78. The van der Waals surface area contributed by atoms with Gasteiger partial charge in [-0.15, -0.1) is 0 Å². The number of halogens is 2. The number of hydrogen-bond donors (Lipinski definition) is 0. The maximum absolute atomic E-state index is 13.5. The van der Waals surface area contributed by atoms with Crippen LogP contribution in [0.5, 0.6) is 0 Å². The van der Waals surface area contributed by atoms with E-state index in [-0.39, 0.29) is 31.8 Å². The van der Waals surface area contributed by atoms with Gasteiger partial charge in [-0.3, -0.25) is 9.48 Å². The molecule has 2 fully saturated rings. The Kier molecular flexibility index (Phi) is 4.49. The molecule has 8 nitrogen and oxygen atoms in total. The van der Waals surface area contributed by atoms with Crippen molar-refractivity contribution in [2.75, 3.05) is 37.7 Å². The molecule has 5 rings (SSSR count). The Balaban J connectivity index is 1.40. The normalized spacial score (nSPS) is 25.6. The molecule has 1 atom stereocenters. The van der Waals surface area contributed by atoms with E-state index in [9.17, 15) is 13.6 Å². The number of rotatable bonds is 2. The van der Waals surface area contributed by atoms with E-state index in [0.29, 0.717) is 37.8 Å². The van der Waals surface area contributed by atoms with Crippen molar-refractivity contribution in [3.8, 4) is 0 Å². The predicted molar refractivity (Wildman–Crippen MR) is 103 cm³/mol. The Hall–Kier alpha value is -2.62. The Morgan fingerprint density at radius 2 is 1.97 bits per heavy atom. The minimum absolute atomic E-state index is 0.0559. The van der Waals surface area contributed by atoms with Gasteiger partial charge in [-0.1, -0.05) is 0 Å². The molecule has 2 saturated heterocycles. The average Bonchev–Trinajstić information content (AvgIpc) is 3.35. The summed E-state index contributed by atoms with van der Waals surface area (Å²) in [5, 5.41) is 4.09. The van der Waals surface area contributed by atoms with Gasteiger partial charge in [0, 0.05) is 64.0 Å². The second kappa shape index (κ2) is 6.97. The Labute approximate surface area is 172 Å². The Morgan fingerprint density at radius 1 is 1.17 bits per heavy atom. The summed E-state index contributed by atoms with van der Waals surface area (Å²) in [4.78, 5) is 25.8. The van der Waals surface area contributed by atoms with E-state index < -0.39 is 11.3 Å². The van der Waals surface area contributed by atoms with Crippen molar-refractivity contribution >= 4 is 11.9 Å². The lowest BCUT2D eigenvalue weighted by atomic mass is 9.80. The van der Waals surface area contributed by atoms with Crippen LogP contribution in [0.2, 0.25) is 0 Å². The van der Waals surface area contributed by atoms with E-state index in [1.807, 2.05) is 9.80 Å². The minimum Gasteiger partial charge on any atom is -0.376 e. The van der Waals surface area contributed by atoms with E-state index in [2.05, 4.69) is 10.1 Å². The molecule has 1 unspecified atom stereocenters. The van der Waals surface area contributed by atoms with Gasteiger partial charge >= 0.3 is 0 Å². The highest BCUT2D eigenvalue weighted by Gasteiger charge is 2.47. The van der Waals surface area contributed by atoms with E-state index in [0.717, 1.165) is 17.7 Å². The molecule has 0 N–H and O–H groups in total. The van der Waals surface area contributed by atoms with Crippen molar-refractivity contribution in [3.05, 3.63) is 35.4 Å². The lowest BCUT2D eigenvalue weighted by Crippen LogP contribution is -2.43. The van der Waals surface area contributed by atoms with Crippen molar-refractivity contribution in [2.24, 2.45) is 7.05 Å². The third-order valence-corrected chi connectivity index (χ3v) is 6.36. The first-order valence-corrected chi connectivity index (χ1v) is 10.2. The van der Waals surface area contributed by atoms with Crippen LogP contribution in [0.3, 0.4) is 0 Å². The molecule has 3 aliphatic rings. The van der Waals surface area contributed by atoms with Crippen LogP contribution in [-0.4, -0.2) is 69.3 Å². The second-order valence-electron chi connectivity index (χ2n) is 8.54. The molecule has 0 radical (unpaired) electrons. The number of piperidine rings is 1. The highest BCUT2D eigenvalue weighted by molar-refractivity contribution is 5.94. The summed E-state index contributed by atoms with van der Waals surface area (Å²) in [6, 6.07) is 0. The van der Waals surface area contributed by atoms with E-state index in [4.69, 9.17) is 9.72 Å². The monoisotopic (exact) mass is 418 g/mol.